The van der Waals surface area contributed by atoms with Crippen LogP contribution in [0.4, 0.5) is 0 Å². The Hall–Kier alpha value is -1.06. The summed E-state index contributed by atoms with van der Waals surface area (Å²) >= 11 is 0. The first-order valence-electron chi connectivity index (χ1n) is 7.34. The third-order valence-electron chi connectivity index (χ3n) is 4.32. The lowest BCUT2D eigenvalue weighted by molar-refractivity contribution is -0.153. The lowest BCUT2D eigenvalue weighted by Crippen LogP contribution is -2.48. The highest BCUT2D eigenvalue weighted by atomic mass is 16.5. The fraction of sp³-hybridized carbons (Fsp3) is 0.625. The number of benzene rings is 1. The Labute approximate surface area is 115 Å². The van der Waals surface area contributed by atoms with Crippen LogP contribution < -0.4 is 10.1 Å². The van der Waals surface area contributed by atoms with Crippen LogP contribution in [0.1, 0.15) is 37.7 Å². The van der Waals surface area contributed by atoms with E-state index in [9.17, 15) is 0 Å². The van der Waals surface area contributed by atoms with Gasteiger partial charge < -0.3 is 14.8 Å². The molecule has 104 valence electrons. The molecule has 1 heterocycles. The molecule has 1 unspecified atom stereocenters. The molecule has 3 nitrogen and oxygen atoms in total. The van der Waals surface area contributed by atoms with Gasteiger partial charge in [0.2, 0.25) is 0 Å². The highest BCUT2D eigenvalue weighted by Crippen LogP contribution is 2.43. The SMILES string of the molecule is CNCc1ccc(OC2CCOC3(CCC3)C2)cc1. The Morgan fingerprint density at radius 2 is 2.11 bits per heavy atom. The molecule has 1 saturated heterocycles. The van der Waals surface area contributed by atoms with Gasteiger partial charge in [0, 0.05) is 19.4 Å². The Kier molecular flexibility index (Phi) is 3.76. The van der Waals surface area contributed by atoms with Gasteiger partial charge in [-0.15, -0.1) is 0 Å². The van der Waals surface area contributed by atoms with Crippen LogP contribution in [0.25, 0.3) is 0 Å². The Morgan fingerprint density at radius 1 is 1.32 bits per heavy atom. The first-order valence-corrected chi connectivity index (χ1v) is 7.34. The Balaban J connectivity index is 1.58. The summed E-state index contributed by atoms with van der Waals surface area (Å²) in [7, 11) is 1.96. The average Bonchev–Trinajstić information content (AvgIpc) is 2.40. The van der Waals surface area contributed by atoms with Crippen LogP contribution in [0, 0.1) is 0 Å². The Bertz CT molecular complexity index is 411. The monoisotopic (exact) mass is 261 g/mol. The van der Waals surface area contributed by atoms with Crippen LogP contribution in [-0.2, 0) is 11.3 Å². The second-order valence-electron chi connectivity index (χ2n) is 5.79. The standard InChI is InChI=1S/C16H23NO2/c1-17-12-13-3-5-14(6-4-13)19-15-7-10-18-16(11-15)8-2-9-16/h3-6,15,17H,2,7-12H2,1H3. The van der Waals surface area contributed by atoms with E-state index in [1.165, 1.54) is 24.8 Å². The molecule has 0 amide bonds. The molecule has 1 aromatic carbocycles. The molecule has 2 aliphatic rings. The molecule has 2 fully saturated rings. The summed E-state index contributed by atoms with van der Waals surface area (Å²) in [6.07, 6.45) is 6.14. The quantitative estimate of drug-likeness (QED) is 0.904. The van der Waals surface area contributed by atoms with Crippen molar-refractivity contribution in [3.8, 4) is 5.75 Å². The molecule has 1 saturated carbocycles. The number of nitrogens with one attached hydrogen (secondary N) is 1. The van der Waals surface area contributed by atoms with E-state index < -0.39 is 0 Å². The first-order chi connectivity index (χ1) is 9.30. The van der Waals surface area contributed by atoms with E-state index in [2.05, 4.69) is 29.6 Å². The normalized spacial score (nSPS) is 25.0. The zero-order valence-electron chi connectivity index (χ0n) is 11.7. The topological polar surface area (TPSA) is 30.5 Å². The van der Waals surface area contributed by atoms with Crippen LogP contribution in [0.15, 0.2) is 24.3 Å². The Morgan fingerprint density at radius 3 is 2.74 bits per heavy atom. The van der Waals surface area contributed by atoms with Crippen LogP contribution in [-0.4, -0.2) is 25.4 Å². The van der Waals surface area contributed by atoms with Gasteiger partial charge in [0.1, 0.15) is 11.9 Å². The zero-order chi connectivity index (χ0) is 13.1. The highest BCUT2D eigenvalue weighted by molar-refractivity contribution is 5.27. The molecule has 0 bridgehead atoms. The fourth-order valence-electron chi connectivity index (χ4n) is 3.09. The second kappa shape index (κ2) is 5.51. The van der Waals surface area contributed by atoms with Crippen LogP contribution >= 0.6 is 0 Å². The molecule has 1 spiro atoms. The summed E-state index contributed by atoms with van der Waals surface area (Å²) in [4.78, 5) is 0. The van der Waals surface area contributed by atoms with Gasteiger partial charge >= 0.3 is 0 Å². The van der Waals surface area contributed by atoms with Crippen molar-refractivity contribution in [2.45, 2.75) is 50.4 Å². The minimum Gasteiger partial charge on any atom is -0.490 e. The summed E-state index contributed by atoms with van der Waals surface area (Å²) < 4.78 is 12.1. The highest BCUT2D eigenvalue weighted by Gasteiger charge is 2.43. The van der Waals surface area contributed by atoms with Crippen molar-refractivity contribution in [3.63, 3.8) is 0 Å². The van der Waals surface area contributed by atoms with Crippen molar-refractivity contribution in [2.75, 3.05) is 13.7 Å². The molecule has 0 radical (unpaired) electrons. The van der Waals surface area contributed by atoms with E-state index in [1.807, 2.05) is 7.05 Å². The molecule has 0 aromatic heterocycles. The van der Waals surface area contributed by atoms with Gasteiger partial charge in [0.25, 0.3) is 0 Å². The number of ether oxygens (including phenoxy) is 2. The maximum atomic E-state index is 6.12. The van der Waals surface area contributed by atoms with Crippen LogP contribution in [0.2, 0.25) is 0 Å². The van der Waals surface area contributed by atoms with Gasteiger partial charge in [0.15, 0.2) is 0 Å². The van der Waals surface area contributed by atoms with E-state index >= 15 is 0 Å². The van der Waals surface area contributed by atoms with Crippen molar-refractivity contribution in [2.24, 2.45) is 0 Å². The minimum absolute atomic E-state index is 0.162. The third kappa shape index (κ3) is 2.93. The lowest BCUT2D eigenvalue weighted by atomic mass is 9.74. The second-order valence-corrected chi connectivity index (χ2v) is 5.79. The minimum atomic E-state index is 0.162. The number of hydrogen-bond donors (Lipinski definition) is 1. The molecular weight excluding hydrogens is 238 g/mol. The average molecular weight is 261 g/mol. The molecule has 3 heteroatoms. The summed E-state index contributed by atoms with van der Waals surface area (Å²) in [5.74, 6) is 0.987. The van der Waals surface area contributed by atoms with Gasteiger partial charge in [-0.2, -0.15) is 0 Å². The van der Waals surface area contributed by atoms with Crippen molar-refractivity contribution in [1.29, 1.82) is 0 Å². The number of hydrogen-bond acceptors (Lipinski definition) is 3. The summed E-state index contributed by atoms with van der Waals surface area (Å²) in [5, 5.41) is 3.15. The summed E-state index contributed by atoms with van der Waals surface area (Å²) in [6.45, 7) is 1.75. The third-order valence-corrected chi connectivity index (χ3v) is 4.32. The molecule has 1 aliphatic heterocycles. The maximum absolute atomic E-state index is 6.12. The van der Waals surface area contributed by atoms with Crippen molar-refractivity contribution in [1.82, 2.24) is 5.32 Å². The van der Waals surface area contributed by atoms with E-state index in [0.717, 1.165) is 31.7 Å². The smallest absolute Gasteiger partial charge is 0.119 e. The predicted molar refractivity (Wildman–Crippen MR) is 75.4 cm³/mol. The molecule has 1 N–H and O–H groups in total. The van der Waals surface area contributed by atoms with Crippen molar-refractivity contribution < 1.29 is 9.47 Å². The molecule has 1 aliphatic carbocycles. The van der Waals surface area contributed by atoms with Crippen LogP contribution in [0.3, 0.4) is 0 Å². The predicted octanol–water partition coefficient (Wildman–Crippen LogP) is 2.89. The number of rotatable bonds is 4. The van der Waals surface area contributed by atoms with E-state index in [4.69, 9.17) is 9.47 Å². The van der Waals surface area contributed by atoms with Crippen LogP contribution in [0.5, 0.6) is 5.75 Å². The lowest BCUT2D eigenvalue weighted by Gasteiger charge is -2.46. The largest absolute Gasteiger partial charge is 0.490 e. The molecule has 1 atom stereocenters. The molecular formula is C16H23NO2. The maximum Gasteiger partial charge on any atom is 0.119 e. The molecule has 19 heavy (non-hydrogen) atoms. The summed E-state index contributed by atoms with van der Waals surface area (Å²) in [6, 6.07) is 8.42. The first kappa shape index (κ1) is 12.9. The van der Waals surface area contributed by atoms with E-state index in [-0.39, 0.29) is 5.60 Å². The van der Waals surface area contributed by atoms with Gasteiger partial charge in [0.05, 0.1) is 12.2 Å². The summed E-state index contributed by atoms with van der Waals surface area (Å²) in [5.41, 5.74) is 1.45. The van der Waals surface area contributed by atoms with Crippen molar-refractivity contribution >= 4 is 0 Å². The molecule has 3 rings (SSSR count). The van der Waals surface area contributed by atoms with Crippen molar-refractivity contribution in [3.05, 3.63) is 29.8 Å². The van der Waals surface area contributed by atoms with Gasteiger partial charge in [-0.05, 0) is 44.0 Å². The van der Waals surface area contributed by atoms with Gasteiger partial charge in [-0.1, -0.05) is 12.1 Å². The van der Waals surface area contributed by atoms with Gasteiger partial charge in [-0.3, -0.25) is 0 Å². The fourth-order valence-corrected chi connectivity index (χ4v) is 3.09. The zero-order valence-corrected chi connectivity index (χ0v) is 11.7. The van der Waals surface area contributed by atoms with E-state index in [0.29, 0.717) is 6.10 Å². The van der Waals surface area contributed by atoms with E-state index in [1.54, 1.807) is 0 Å². The molecule has 1 aromatic rings. The van der Waals surface area contributed by atoms with Gasteiger partial charge in [-0.25, -0.2) is 0 Å².